The number of aromatic nitrogens is 3. The first kappa shape index (κ1) is 19.0. The Kier molecular flexibility index (Phi) is 5.80. The predicted octanol–water partition coefficient (Wildman–Crippen LogP) is 3.92. The van der Waals surface area contributed by atoms with E-state index in [0.717, 1.165) is 16.8 Å². The lowest BCUT2D eigenvalue weighted by molar-refractivity contribution is 0.199. The molecule has 0 spiro atoms. The fraction of sp³-hybridized carbons (Fsp3) is 0.333. The average Bonchev–Trinajstić information content (AvgIpc) is 3.19. The first-order chi connectivity index (χ1) is 12.9. The standard InChI is InChI=1S/C18H19FN4O3S/c1-10(2)22-18(24)25-16-9-21-15(27-16)7-5-13-11(3)26-23-17(13)14-6-4-12(19)8-20-14/h4,6,8-10H,5,7H2,1-3H3,(H,22,24). The summed E-state index contributed by atoms with van der Waals surface area (Å²) in [5, 5.41) is 7.96. The van der Waals surface area contributed by atoms with E-state index < -0.39 is 11.9 Å². The third-order valence-corrected chi connectivity index (χ3v) is 4.61. The Balaban J connectivity index is 1.67. The fourth-order valence-corrected chi connectivity index (χ4v) is 3.21. The Labute approximate surface area is 159 Å². The van der Waals surface area contributed by atoms with Crippen LogP contribution >= 0.6 is 11.3 Å². The molecular weight excluding hydrogens is 371 g/mol. The van der Waals surface area contributed by atoms with Crippen molar-refractivity contribution in [1.82, 2.24) is 20.4 Å². The van der Waals surface area contributed by atoms with Crippen LogP contribution in [0.15, 0.2) is 29.0 Å². The molecule has 27 heavy (non-hydrogen) atoms. The molecule has 3 aromatic heterocycles. The minimum atomic E-state index is -0.500. The minimum Gasteiger partial charge on any atom is -0.397 e. The Hall–Kier alpha value is -2.81. The zero-order valence-electron chi connectivity index (χ0n) is 15.2. The molecule has 3 heterocycles. The molecule has 0 aliphatic heterocycles. The number of nitrogens with one attached hydrogen (secondary N) is 1. The number of aryl methyl sites for hydroxylation is 2. The van der Waals surface area contributed by atoms with E-state index in [9.17, 15) is 9.18 Å². The van der Waals surface area contributed by atoms with Gasteiger partial charge in [0.1, 0.15) is 17.3 Å². The summed E-state index contributed by atoms with van der Waals surface area (Å²) >= 11 is 1.31. The van der Waals surface area contributed by atoms with Crippen molar-refractivity contribution in [2.45, 2.75) is 39.7 Å². The number of carbonyl (C=O) groups is 1. The molecule has 142 valence electrons. The number of amides is 1. The van der Waals surface area contributed by atoms with Crippen LogP contribution in [0.5, 0.6) is 5.06 Å². The highest BCUT2D eigenvalue weighted by Gasteiger charge is 2.17. The van der Waals surface area contributed by atoms with Crippen LogP contribution in [-0.4, -0.2) is 27.3 Å². The first-order valence-electron chi connectivity index (χ1n) is 8.42. The molecule has 0 aromatic carbocycles. The summed E-state index contributed by atoms with van der Waals surface area (Å²) in [7, 11) is 0. The van der Waals surface area contributed by atoms with E-state index in [0.29, 0.717) is 35.1 Å². The minimum absolute atomic E-state index is 0.0000462. The summed E-state index contributed by atoms with van der Waals surface area (Å²) in [5.74, 6) is 0.276. The summed E-state index contributed by atoms with van der Waals surface area (Å²) in [4.78, 5) is 20.0. The van der Waals surface area contributed by atoms with Gasteiger partial charge in [-0.2, -0.15) is 0 Å². The quantitative estimate of drug-likeness (QED) is 0.686. The molecule has 1 N–H and O–H groups in total. The molecule has 1 amide bonds. The topological polar surface area (TPSA) is 90.1 Å². The summed E-state index contributed by atoms with van der Waals surface area (Å²) in [6.07, 6.45) is 3.42. The average molecular weight is 390 g/mol. The lowest BCUT2D eigenvalue weighted by atomic mass is 10.1. The number of thiazole rings is 1. The number of nitrogens with zero attached hydrogens (tertiary/aromatic N) is 3. The van der Waals surface area contributed by atoms with Gasteiger partial charge in [0, 0.05) is 18.0 Å². The van der Waals surface area contributed by atoms with Gasteiger partial charge < -0.3 is 14.6 Å². The fourth-order valence-electron chi connectivity index (χ4n) is 2.45. The molecule has 0 unspecified atom stereocenters. The second kappa shape index (κ2) is 8.26. The third kappa shape index (κ3) is 4.88. The molecular formula is C18H19FN4O3S. The molecule has 0 aliphatic rings. The van der Waals surface area contributed by atoms with Gasteiger partial charge in [-0.25, -0.2) is 14.2 Å². The Morgan fingerprint density at radius 3 is 2.81 bits per heavy atom. The van der Waals surface area contributed by atoms with E-state index in [-0.39, 0.29) is 6.04 Å². The van der Waals surface area contributed by atoms with E-state index in [4.69, 9.17) is 9.26 Å². The molecule has 0 bridgehead atoms. The van der Waals surface area contributed by atoms with Gasteiger partial charge in [-0.05, 0) is 39.3 Å². The highest BCUT2D eigenvalue weighted by molar-refractivity contribution is 7.13. The molecule has 0 radical (unpaired) electrons. The lowest BCUT2D eigenvalue weighted by Gasteiger charge is -2.06. The van der Waals surface area contributed by atoms with Crippen molar-refractivity contribution >= 4 is 17.4 Å². The molecule has 0 aliphatic carbocycles. The molecule has 3 aromatic rings. The number of hydrogen-bond acceptors (Lipinski definition) is 7. The van der Waals surface area contributed by atoms with Gasteiger partial charge in [0.05, 0.1) is 23.1 Å². The van der Waals surface area contributed by atoms with Gasteiger partial charge in [-0.3, -0.25) is 4.98 Å². The summed E-state index contributed by atoms with van der Waals surface area (Å²) in [5.41, 5.74) is 2.04. The smallest absolute Gasteiger partial charge is 0.397 e. The van der Waals surface area contributed by atoms with Crippen LogP contribution in [-0.2, 0) is 12.8 Å². The second-order valence-electron chi connectivity index (χ2n) is 6.19. The normalized spacial score (nSPS) is 11.0. The van der Waals surface area contributed by atoms with Gasteiger partial charge in [0.15, 0.2) is 0 Å². The maximum absolute atomic E-state index is 13.1. The van der Waals surface area contributed by atoms with Crippen LogP contribution in [0.1, 0.15) is 30.2 Å². The van der Waals surface area contributed by atoms with E-state index in [1.54, 1.807) is 6.07 Å². The SMILES string of the molecule is Cc1onc(-c2ccc(F)cn2)c1CCc1ncc(OC(=O)NC(C)C)s1. The van der Waals surface area contributed by atoms with E-state index in [1.165, 1.54) is 23.6 Å². The van der Waals surface area contributed by atoms with Gasteiger partial charge in [-0.15, -0.1) is 0 Å². The molecule has 9 heteroatoms. The van der Waals surface area contributed by atoms with Crippen LogP contribution in [0.25, 0.3) is 11.4 Å². The molecule has 0 saturated carbocycles. The van der Waals surface area contributed by atoms with Crippen LogP contribution in [0.3, 0.4) is 0 Å². The van der Waals surface area contributed by atoms with Crippen LogP contribution in [0, 0.1) is 12.7 Å². The van der Waals surface area contributed by atoms with E-state index in [1.807, 2.05) is 20.8 Å². The largest absolute Gasteiger partial charge is 0.413 e. The Bertz CT molecular complexity index is 921. The second-order valence-corrected chi connectivity index (χ2v) is 7.27. The molecule has 3 rings (SSSR count). The van der Waals surface area contributed by atoms with E-state index >= 15 is 0 Å². The summed E-state index contributed by atoms with van der Waals surface area (Å²) in [6.45, 7) is 5.53. The summed E-state index contributed by atoms with van der Waals surface area (Å²) < 4.78 is 23.6. The molecule has 0 saturated heterocycles. The zero-order chi connectivity index (χ0) is 19.4. The van der Waals surface area contributed by atoms with Crippen molar-refractivity contribution in [3.8, 4) is 16.5 Å². The summed E-state index contributed by atoms with van der Waals surface area (Å²) in [6, 6.07) is 2.90. The predicted molar refractivity (Wildman–Crippen MR) is 98.2 cm³/mol. The number of hydrogen-bond donors (Lipinski definition) is 1. The van der Waals surface area contributed by atoms with E-state index in [2.05, 4.69) is 20.4 Å². The van der Waals surface area contributed by atoms with Crippen LogP contribution in [0.4, 0.5) is 9.18 Å². The Morgan fingerprint density at radius 1 is 1.30 bits per heavy atom. The Morgan fingerprint density at radius 2 is 2.11 bits per heavy atom. The van der Waals surface area contributed by atoms with Crippen molar-refractivity contribution in [2.75, 3.05) is 0 Å². The van der Waals surface area contributed by atoms with Crippen molar-refractivity contribution in [3.05, 3.63) is 46.7 Å². The maximum Gasteiger partial charge on any atom is 0.413 e. The number of halogens is 1. The first-order valence-corrected chi connectivity index (χ1v) is 9.24. The number of ether oxygens (including phenoxy) is 1. The number of rotatable bonds is 6. The van der Waals surface area contributed by atoms with Gasteiger partial charge in [0.2, 0.25) is 5.06 Å². The van der Waals surface area contributed by atoms with Gasteiger partial charge in [-0.1, -0.05) is 16.5 Å². The zero-order valence-corrected chi connectivity index (χ0v) is 16.0. The molecule has 0 fully saturated rings. The molecule has 0 atom stereocenters. The lowest BCUT2D eigenvalue weighted by Crippen LogP contribution is -2.32. The van der Waals surface area contributed by atoms with Crippen molar-refractivity contribution in [2.24, 2.45) is 0 Å². The van der Waals surface area contributed by atoms with Crippen LogP contribution < -0.4 is 10.1 Å². The number of carbonyl (C=O) groups excluding carboxylic acids is 1. The van der Waals surface area contributed by atoms with Crippen LogP contribution in [0.2, 0.25) is 0 Å². The van der Waals surface area contributed by atoms with Crippen molar-refractivity contribution < 1.29 is 18.4 Å². The maximum atomic E-state index is 13.1. The van der Waals surface area contributed by atoms with Gasteiger partial charge >= 0.3 is 6.09 Å². The molecule has 7 nitrogen and oxygen atoms in total. The van der Waals surface area contributed by atoms with Crippen molar-refractivity contribution in [1.29, 1.82) is 0 Å². The number of pyridine rings is 1. The highest BCUT2D eigenvalue weighted by Crippen LogP contribution is 2.27. The highest BCUT2D eigenvalue weighted by atomic mass is 32.1. The van der Waals surface area contributed by atoms with Crippen molar-refractivity contribution in [3.63, 3.8) is 0 Å². The van der Waals surface area contributed by atoms with Gasteiger partial charge in [0.25, 0.3) is 0 Å². The monoisotopic (exact) mass is 390 g/mol. The third-order valence-electron chi connectivity index (χ3n) is 3.68.